The van der Waals surface area contributed by atoms with Crippen molar-refractivity contribution < 1.29 is 9.53 Å². The molecule has 0 aromatic heterocycles. The standard InChI is InChI=1S/C25H34N4O2/c1-4-26-25(27-14-13-22-16-19(2)7-12-23(22)31-3)28-17-20-8-10-21(11-9-20)18-29-15-5-6-24(29)30/h7-12,16H,4-6,13-15,17-18H2,1-3H3,(H2,26,27,28). The number of carbonyl (C=O) groups is 1. The van der Waals surface area contributed by atoms with Gasteiger partial charge in [0.05, 0.1) is 13.7 Å². The number of ether oxygens (including phenoxy) is 1. The first kappa shape index (κ1) is 22.7. The summed E-state index contributed by atoms with van der Waals surface area (Å²) in [4.78, 5) is 18.5. The topological polar surface area (TPSA) is 66.0 Å². The van der Waals surface area contributed by atoms with E-state index in [0.717, 1.165) is 49.7 Å². The van der Waals surface area contributed by atoms with Gasteiger partial charge in [0, 0.05) is 32.6 Å². The van der Waals surface area contributed by atoms with Crippen LogP contribution in [0.25, 0.3) is 0 Å². The Hall–Kier alpha value is -3.02. The molecule has 2 N–H and O–H groups in total. The van der Waals surface area contributed by atoms with E-state index in [2.05, 4.69) is 60.9 Å². The summed E-state index contributed by atoms with van der Waals surface area (Å²) in [5.74, 6) is 1.99. The summed E-state index contributed by atoms with van der Waals surface area (Å²) >= 11 is 0. The summed E-state index contributed by atoms with van der Waals surface area (Å²) in [5.41, 5.74) is 4.74. The van der Waals surface area contributed by atoms with Crippen molar-refractivity contribution >= 4 is 11.9 Å². The number of rotatable bonds is 9. The summed E-state index contributed by atoms with van der Waals surface area (Å²) in [6.45, 7) is 7.92. The molecule has 166 valence electrons. The van der Waals surface area contributed by atoms with Crippen molar-refractivity contribution in [1.29, 1.82) is 0 Å². The summed E-state index contributed by atoms with van der Waals surface area (Å²) in [6.07, 6.45) is 2.52. The van der Waals surface area contributed by atoms with Gasteiger partial charge < -0.3 is 20.3 Å². The average Bonchev–Trinajstić information content (AvgIpc) is 3.17. The van der Waals surface area contributed by atoms with Crippen molar-refractivity contribution in [3.63, 3.8) is 0 Å². The van der Waals surface area contributed by atoms with E-state index in [0.29, 0.717) is 19.5 Å². The van der Waals surface area contributed by atoms with Gasteiger partial charge in [0.15, 0.2) is 5.96 Å². The van der Waals surface area contributed by atoms with Crippen molar-refractivity contribution in [2.75, 3.05) is 26.7 Å². The van der Waals surface area contributed by atoms with E-state index in [9.17, 15) is 4.79 Å². The van der Waals surface area contributed by atoms with Crippen LogP contribution in [0.1, 0.15) is 42.0 Å². The molecule has 2 aromatic carbocycles. The van der Waals surface area contributed by atoms with E-state index in [1.165, 1.54) is 16.7 Å². The normalized spacial score (nSPS) is 14.1. The molecule has 1 aliphatic heterocycles. The molecule has 6 heteroatoms. The van der Waals surface area contributed by atoms with Crippen LogP contribution in [0.15, 0.2) is 47.5 Å². The lowest BCUT2D eigenvalue weighted by Gasteiger charge is -2.15. The van der Waals surface area contributed by atoms with E-state index in [4.69, 9.17) is 9.73 Å². The Morgan fingerprint density at radius 2 is 1.90 bits per heavy atom. The van der Waals surface area contributed by atoms with Gasteiger partial charge >= 0.3 is 0 Å². The van der Waals surface area contributed by atoms with Crippen molar-refractivity contribution in [3.05, 3.63) is 64.7 Å². The fourth-order valence-electron chi connectivity index (χ4n) is 3.77. The molecule has 0 aliphatic carbocycles. The molecule has 3 rings (SSSR count). The maximum absolute atomic E-state index is 11.8. The lowest BCUT2D eigenvalue weighted by atomic mass is 10.1. The molecular weight excluding hydrogens is 388 g/mol. The first-order chi connectivity index (χ1) is 15.1. The highest BCUT2D eigenvalue weighted by molar-refractivity contribution is 5.79. The van der Waals surface area contributed by atoms with Crippen LogP contribution in [0, 0.1) is 6.92 Å². The predicted molar refractivity (Wildman–Crippen MR) is 125 cm³/mol. The van der Waals surface area contributed by atoms with E-state index in [1.807, 2.05) is 11.0 Å². The van der Waals surface area contributed by atoms with E-state index >= 15 is 0 Å². The zero-order valence-corrected chi connectivity index (χ0v) is 18.9. The number of aliphatic imine (C=N–C) groups is 1. The van der Waals surface area contributed by atoms with Gasteiger partial charge in [-0.1, -0.05) is 42.0 Å². The predicted octanol–water partition coefficient (Wildman–Crippen LogP) is 3.42. The maximum atomic E-state index is 11.8. The molecular formula is C25H34N4O2. The zero-order chi connectivity index (χ0) is 22.1. The van der Waals surface area contributed by atoms with Crippen LogP contribution in [0.3, 0.4) is 0 Å². The number of nitrogens with zero attached hydrogens (tertiary/aromatic N) is 2. The first-order valence-electron chi connectivity index (χ1n) is 11.1. The van der Waals surface area contributed by atoms with Gasteiger partial charge in [-0.25, -0.2) is 4.99 Å². The summed E-state index contributed by atoms with van der Waals surface area (Å²) < 4.78 is 5.47. The van der Waals surface area contributed by atoms with Crippen LogP contribution < -0.4 is 15.4 Å². The molecule has 6 nitrogen and oxygen atoms in total. The smallest absolute Gasteiger partial charge is 0.222 e. The van der Waals surface area contributed by atoms with Crippen LogP contribution in [-0.4, -0.2) is 43.5 Å². The number of hydrogen-bond acceptors (Lipinski definition) is 3. The third-order valence-corrected chi connectivity index (χ3v) is 5.45. The molecule has 1 fully saturated rings. The Morgan fingerprint density at radius 1 is 1.13 bits per heavy atom. The Balaban J connectivity index is 1.53. The molecule has 0 radical (unpaired) electrons. The largest absolute Gasteiger partial charge is 0.496 e. The number of carbonyl (C=O) groups excluding carboxylic acids is 1. The Labute approximate surface area is 185 Å². The maximum Gasteiger partial charge on any atom is 0.222 e. The molecule has 0 unspecified atom stereocenters. The van der Waals surface area contributed by atoms with Crippen LogP contribution in [0.4, 0.5) is 0 Å². The minimum absolute atomic E-state index is 0.262. The third kappa shape index (κ3) is 6.74. The number of hydrogen-bond donors (Lipinski definition) is 2. The molecule has 0 spiro atoms. The quantitative estimate of drug-likeness (QED) is 0.480. The molecule has 1 aliphatic rings. The minimum atomic E-state index is 0.262. The van der Waals surface area contributed by atoms with Crippen LogP contribution in [0.2, 0.25) is 0 Å². The highest BCUT2D eigenvalue weighted by atomic mass is 16.5. The Kier molecular flexibility index (Phi) is 8.33. The summed E-state index contributed by atoms with van der Waals surface area (Å²) in [5, 5.41) is 6.72. The second kappa shape index (κ2) is 11.4. The number of benzene rings is 2. The fourth-order valence-corrected chi connectivity index (χ4v) is 3.77. The van der Waals surface area contributed by atoms with Gasteiger partial charge in [0.2, 0.25) is 5.91 Å². The first-order valence-corrected chi connectivity index (χ1v) is 11.1. The van der Waals surface area contributed by atoms with E-state index < -0.39 is 0 Å². The monoisotopic (exact) mass is 422 g/mol. The molecule has 0 saturated carbocycles. The SMILES string of the molecule is CCNC(=NCc1ccc(CN2CCCC2=O)cc1)NCCc1cc(C)ccc1OC. The van der Waals surface area contributed by atoms with Crippen LogP contribution in [-0.2, 0) is 24.3 Å². The third-order valence-electron chi connectivity index (χ3n) is 5.45. The molecule has 31 heavy (non-hydrogen) atoms. The molecule has 1 saturated heterocycles. The van der Waals surface area contributed by atoms with Gasteiger partial charge in [0.25, 0.3) is 0 Å². The highest BCUT2D eigenvalue weighted by Gasteiger charge is 2.19. The van der Waals surface area contributed by atoms with Crippen molar-refractivity contribution in [2.24, 2.45) is 4.99 Å². The number of guanidine groups is 1. The molecule has 0 atom stereocenters. The zero-order valence-electron chi connectivity index (χ0n) is 18.9. The number of aryl methyl sites for hydroxylation is 1. The van der Waals surface area contributed by atoms with Crippen LogP contribution in [0.5, 0.6) is 5.75 Å². The lowest BCUT2D eigenvalue weighted by Crippen LogP contribution is -2.38. The van der Waals surface area contributed by atoms with Crippen molar-refractivity contribution in [1.82, 2.24) is 15.5 Å². The molecule has 0 bridgehead atoms. The number of likely N-dealkylation sites (tertiary alicyclic amines) is 1. The number of nitrogens with one attached hydrogen (secondary N) is 2. The van der Waals surface area contributed by atoms with Gasteiger partial charge in [-0.05, 0) is 49.4 Å². The minimum Gasteiger partial charge on any atom is -0.496 e. The Bertz CT molecular complexity index is 893. The van der Waals surface area contributed by atoms with Gasteiger partial charge in [-0.15, -0.1) is 0 Å². The molecule has 1 heterocycles. The summed E-state index contributed by atoms with van der Waals surface area (Å²) in [7, 11) is 1.71. The van der Waals surface area contributed by atoms with Gasteiger partial charge in [-0.2, -0.15) is 0 Å². The Morgan fingerprint density at radius 3 is 2.58 bits per heavy atom. The molecule has 1 amide bonds. The average molecular weight is 423 g/mol. The summed E-state index contributed by atoms with van der Waals surface area (Å²) in [6, 6.07) is 14.6. The second-order valence-electron chi connectivity index (χ2n) is 7.92. The van der Waals surface area contributed by atoms with Gasteiger partial charge in [-0.3, -0.25) is 4.79 Å². The molecule has 2 aromatic rings. The van der Waals surface area contributed by atoms with Crippen molar-refractivity contribution in [2.45, 2.75) is 46.2 Å². The fraction of sp³-hybridized carbons (Fsp3) is 0.440. The van der Waals surface area contributed by atoms with E-state index in [1.54, 1.807) is 7.11 Å². The highest BCUT2D eigenvalue weighted by Crippen LogP contribution is 2.19. The number of amides is 1. The van der Waals surface area contributed by atoms with E-state index in [-0.39, 0.29) is 5.91 Å². The van der Waals surface area contributed by atoms with Crippen LogP contribution >= 0.6 is 0 Å². The lowest BCUT2D eigenvalue weighted by molar-refractivity contribution is -0.128. The van der Waals surface area contributed by atoms with Crippen molar-refractivity contribution in [3.8, 4) is 5.75 Å². The second-order valence-corrected chi connectivity index (χ2v) is 7.92. The number of methoxy groups -OCH3 is 1. The van der Waals surface area contributed by atoms with Gasteiger partial charge in [0.1, 0.15) is 5.75 Å².